The van der Waals surface area contributed by atoms with Gasteiger partial charge in [0.2, 0.25) is 0 Å². The molecule has 0 spiro atoms. The van der Waals surface area contributed by atoms with Crippen LogP contribution in [0.1, 0.15) is 66.8 Å². The molecule has 1 amide bonds. The molecule has 2 heterocycles. The summed E-state index contributed by atoms with van der Waals surface area (Å²) in [7, 11) is 1.47. The lowest BCUT2D eigenvalue weighted by molar-refractivity contribution is -0.132. The van der Waals surface area contributed by atoms with Crippen LogP contribution < -0.4 is 9.88 Å². The summed E-state index contributed by atoms with van der Waals surface area (Å²) in [4.78, 5) is 31.8. The van der Waals surface area contributed by atoms with E-state index in [1.807, 2.05) is 43.4 Å². The van der Waals surface area contributed by atoms with Gasteiger partial charge in [-0.15, -0.1) is 0 Å². The van der Waals surface area contributed by atoms with E-state index in [1.54, 1.807) is 24.3 Å². The van der Waals surface area contributed by atoms with Crippen LogP contribution in [-0.2, 0) is 22.1 Å². The third-order valence-corrected chi connectivity index (χ3v) is 9.86. The minimum atomic E-state index is -3.71. The molecule has 1 fully saturated rings. The minimum absolute atomic E-state index is 0.128. The third-order valence-electron chi connectivity index (χ3n) is 8.81. The smallest absolute Gasteiger partial charge is 0.276 e. The van der Waals surface area contributed by atoms with E-state index in [1.165, 1.54) is 42.8 Å². The number of hydrogen-bond acceptors (Lipinski definition) is 6. The van der Waals surface area contributed by atoms with Gasteiger partial charge in [-0.3, -0.25) is 14.2 Å². The van der Waals surface area contributed by atoms with Crippen molar-refractivity contribution in [1.82, 2.24) is 23.3 Å². The Morgan fingerprint density at radius 3 is 2.49 bits per heavy atom. The Morgan fingerprint density at radius 2 is 1.78 bits per heavy atom. The number of ether oxygens (including phenoxy) is 1. The van der Waals surface area contributed by atoms with Gasteiger partial charge in [0.15, 0.2) is 6.61 Å². The van der Waals surface area contributed by atoms with Crippen LogP contribution in [0.25, 0.3) is 22.2 Å². The highest BCUT2D eigenvalue weighted by molar-refractivity contribution is 7.86. The summed E-state index contributed by atoms with van der Waals surface area (Å²) in [5, 5.41) is 6.26. The summed E-state index contributed by atoms with van der Waals surface area (Å²) < 4.78 is 33.7. The molecular weight excluding hydrogens is 592 g/mol. The Bertz CT molecular complexity index is 1760. The number of para-hydroxylation sites is 1. The maximum Gasteiger partial charge on any atom is 0.276 e. The van der Waals surface area contributed by atoms with E-state index in [-0.39, 0.29) is 25.0 Å². The van der Waals surface area contributed by atoms with E-state index in [9.17, 15) is 18.0 Å². The first-order chi connectivity index (χ1) is 21.6. The van der Waals surface area contributed by atoms with Crippen molar-refractivity contribution in [3.8, 4) is 17.0 Å². The Morgan fingerprint density at radius 1 is 1.04 bits per heavy atom. The number of likely N-dealkylation sites (N-methyl/N-ethyl adjacent to an activating group) is 1. The van der Waals surface area contributed by atoms with Crippen molar-refractivity contribution in [3.63, 3.8) is 0 Å². The van der Waals surface area contributed by atoms with Crippen molar-refractivity contribution in [1.29, 1.82) is 0 Å². The predicted molar refractivity (Wildman–Crippen MR) is 174 cm³/mol. The second-order valence-electron chi connectivity index (χ2n) is 11.8. The number of amides is 1. The van der Waals surface area contributed by atoms with E-state index in [0.29, 0.717) is 36.6 Å². The third kappa shape index (κ3) is 7.29. The van der Waals surface area contributed by atoms with Crippen molar-refractivity contribution >= 4 is 32.9 Å². The normalized spacial score (nSPS) is 14.2. The predicted octanol–water partition coefficient (Wildman–Crippen LogP) is 4.53. The molecule has 0 unspecified atom stereocenters. The molecular formula is C33H42N6O5S. The van der Waals surface area contributed by atoms with Gasteiger partial charge in [0.05, 0.1) is 5.69 Å². The Hall–Kier alpha value is -4.00. The molecule has 0 radical (unpaired) electrons. The Balaban J connectivity index is 1.40. The number of benzene rings is 2. The van der Waals surface area contributed by atoms with Crippen LogP contribution in [0.4, 0.5) is 0 Å². The number of rotatable bonds is 12. The van der Waals surface area contributed by atoms with Gasteiger partial charge < -0.3 is 14.2 Å². The second kappa shape index (κ2) is 14.0. The SMILES string of the molecule is CN(CCCCN(C)S(N)(=O)=O)C(=O)COc1ccccc1-c1c(C2CCCCC2)c2ccc(C(=O)n3ccnc3)cc2n1C. The number of unbranched alkanes of at least 4 members (excludes halogenated alkanes) is 1. The van der Waals surface area contributed by atoms with E-state index in [4.69, 9.17) is 9.88 Å². The molecule has 11 nitrogen and oxygen atoms in total. The lowest BCUT2D eigenvalue weighted by atomic mass is 9.81. The quantitative estimate of drug-likeness (QED) is 0.228. The van der Waals surface area contributed by atoms with Gasteiger partial charge in [-0.1, -0.05) is 37.5 Å². The van der Waals surface area contributed by atoms with E-state index in [2.05, 4.69) is 15.6 Å². The fourth-order valence-electron chi connectivity index (χ4n) is 6.23. The maximum atomic E-state index is 13.2. The summed E-state index contributed by atoms with van der Waals surface area (Å²) in [6.45, 7) is 0.632. The molecule has 45 heavy (non-hydrogen) atoms. The molecule has 2 N–H and O–H groups in total. The maximum absolute atomic E-state index is 13.2. The zero-order valence-corrected chi connectivity index (χ0v) is 27.0. The van der Waals surface area contributed by atoms with Crippen molar-refractivity contribution in [2.45, 2.75) is 50.9 Å². The van der Waals surface area contributed by atoms with E-state index in [0.717, 1.165) is 39.3 Å². The number of nitrogens with two attached hydrogens (primary N) is 1. The molecule has 12 heteroatoms. The van der Waals surface area contributed by atoms with Crippen LogP contribution in [0.3, 0.4) is 0 Å². The number of carbonyl (C=O) groups is 2. The first kappa shape index (κ1) is 32.4. The summed E-state index contributed by atoms with van der Waals surface area (Å²) in [6, 6.07) is 13.7. The minimum Gasteiger partial charge on any atom is -0.483 e. The first-order valence-electron chi connectivity index (χ1n) is 15.4. The molecule has 1 saturated carbocycles. The van der Waals surface area contributed by atoms with Crippen LogP contribution in [-0.4, -0.2) is 77.3 Å². The highest BCUT2D eigenvalue weighted by atomic mass is 32.2. The Labute approximate surface area is 264 Å². The Kier molecular flexibility index (Phi) is 10.1. The number of imidazole rings is 1. The molecule has 0 atom stereocenters. The number of hydrogen-bond donors (Lipinski definition) is 1. The summed E-state index contributed by atoms with van der Waals surface area (Å²) >= 11 is 0. The molecule has 1 aliphatic rings. The fraction of sp³-hybridized carbons (Fsp3) is 0.424. The van der Waals surface area contributed by atoms with Gasteiger partial charge in [-0.05, 0) is 61.4 Å². The molecule has 0 saturated heterocycles. The van der Waals surface area contributed by atoms with Crippen molar-refractivity contribution in [3.05, 3.63) is 72.3 Å². The highest BCUT2D eigenvalue weighted by Gasteiger charge is 2.28. The second-order valence-corrected chi connectivity index (χ2v) is 13.5. The zero-order valence-electron chi connectivity index (χ0n) is 26.2. The molecule has 2 aromatic carbocycles. The van der Waals surface area contributed by atoms with Crippen LogP contribution in [0, 0.1) is 0 Å². The van der Waals surface area contributed by atoms with Gasteiger partial charge in [0.1, 0.15) is 12.1 Å². The standard InChI is InChI=1S/C33H42N6O5S/c1-36(18-9-10-19-37(2)45(34,42)43)30(40)22-44-29-14-8-7-13-27(29)32-31(24-11-5-4-6-12-24)26-16-15-25(21-28(26)38(32)3)33(41)39-20-17-35-23-39/h7-8,13-17,20-21,23-24H,4-6,9-12,18-19,22H2,1-3H3,(H2,34,42,43). The molecule has 240 valence electrons. The van der Waals surface area contributed by atoms with Gasteiger partial charge in [0.25, 0.3) is 22.0 Å². The largest absolute Gasteiger partial charge is 0.483 e. The van der Waals surface area contributed by atoms with Crippen molar-refractivity contribution in [2.24, 2.45) is 12.2 Å². The van der Waals surface area contributed by atoms with Crippen molar-refractivity contribution < 1.29 is 22.7 Å². The topological polar surface area (TPSA) is 133 Å². The van der Waals surface area contributed by atoms with E-state index < -0.39 is 10.2 Å². The average Bonchev–Trinajstić information content (AvgIpc) is 3.68. The zero-order chi connectivity index (χ0) is 32.1. The van der Waals surface area contributed by atoms with E-state index >= 15 is 0 Å². The average molecular weight is 635 g/mol. The van der Waals surface area contributed by atoms with Gasteiger partial charge >= 0.3 is 0 Å². The summed E-state index contributed by atoms with van der Waals surface area (Å²) in [6.07, 6.45) is 11.7. The molecule has 4 aromatic rings. The monoisotopic (exact) mass is 634 g/mol. The van der Waals surface area contributed by atoms with Crippen LogP contribution in [0.15, 0.2) is 61.2 Å². The molecule has 0 aliphatic heterocycles. The van der Waals surface area contributed by atoms with Crippen LogP contribution in [0.2, 0.25) is 0 Å². The molecule has 1 aliphatic carbocycles. The summed E-state index contributed by atoms with van der Waals surface area (Å²) in [5.41, 5.74) is 4.76. The fourth-order valence-corrected chi connectivity index (χ4v) is 6.61. The molecule has 2 aromatic heterocycles. The number of carbonyl (C=O) groups excluding carboxylic acids is 2. The van der Waals surface area contributed by atoms with Gasteiger partial charge in [-0.25, -0.2) is 10.1 Å². The lowest BCUT2D eigenvalue weighted by Crippen LogP contribution is -2.35. The molecule has 5 rings (SSSR count). The van der Waals surface area contributed by atoms with Gasteiger partial charge in [-0.2, -0.15) is 12.7 Å². The van der Waals surface area contributed by atoms with Crippen molar-refractivity contribution in [2.75, 3.05) is 33.8 Å². The number of fused-ring (bicyclic) bond motifs is 1. The first-order valence-corrected chi connectivity index (χ1v) is 16.9. The lowest BCUT2D eigenvalue weighted by Gasteiger charge is -2.24. The van der Waals surface area contributed by atoms with Crippen LogP contribution in [0.5, 0.6) is 5.75 Å². The number of aromatic nitrogens is 3. The highest BCUT2D eigenvalue weighted by Crippen LogP contribution is 2.45. The van der Waals surface area contributed by atoms with Gasteiger partial charge in [0, 0.05) is 68.7 Å². The number of aryl methyl sites for hydroxylation is 1. The number of nitrogens with zero attached hydrogens (tertiary/aromatic N) is 5. The molecule has 0 bridgehead atoms. The summed E-state index contributed by atoms with van der Waals surface area (Å²) in [5.74, 6) is 0.685. The van der Waals surface area contributed by atoms with Crippen LogP contribution >= 0.6 is 0 Å².